The Labute approximate surface area is 123 Å². The molecule has 1 atom stereocenters. The number of benzene rings is 2. The van der Waals surface area contributed by atoms with Crippen molar-refractivity contribution in [1.82, 2.24) is 0 Å². The molecule has 0 bridgehead atoms. The van der Waals surface area contributed by atoms with Crippen LogP contribution in [0.1, 0.15) is 29.3 Å². The van der Waals surface area contributed by atoms with Gasteiger partial charge in [-0.2, -0.15) is 0 Å². The minimum atomic E-state index is 0.417. The molecular weight excluding hydrogens is 300 g/mol. The van der Waals surface area contributed by atoms with Crippen LogP contribution in [0.5, 0.6) is 5.75 Å². The van der Waals surface area contributed by atoms with Gasteiger partial charge in [-0.3, -0.25) is 0 Å². The molecule has 0 aliphatic heterocycles. The van der Waals surface area contributed by atoms with E-state index in [9.17, 15) is 0 Å². The first-order valence-corrected chi connectivity index (χ1v) is 7.62. The normalized spacial score (nSPS) is 12.1. The van der Waals surface area contributed by atoms with Crippen LogP contribution < -0.4 is 4.74 Å². The van der Waals surface area contributed by atoms with Gasteiger partial charge in [-0.15, -0.1) is 0 Å². The van der Waals surface area contributed by atoms with Crippen molar-refractivity contribution in [3.63, 3.8) is 0 Å². The van der Waals surface area contributed by atoms with E-state index in [-0.39, 0.29) is 0 Å². The van der Waals surface area contributed by atoms with E-state index in [2.05, 4.69) is 58.4 Å². The molecule has 0 aromatic heterocycles. The highest BCUT2D eigenvalue weighted by molar-refractivity contribution is 9.09. The first-order chi connectivity index (χ1) is 9.29. The molecule has 0 radical (unpaired) electrons. The maximum Gasteiger partial charge on any atom is 0.119 e. The minimum absolute atomic E-state index is 0.417. The van der Waals surface area contributed by atoms with Crippen LogP contribution in [0.2, 0.25) is 0 Å². The topological polar surface area (TPSA) is 9.23 Å². The number of rotatable bonds is 6. The molecule has 100 valence electrons. The second-order valence-corrected chi connectivity index (χ2v) is 5.60. The molecule has 0 fully saturated rings. The van der Waals surface area contributed by atoms with Crippen LogP contribution in [-0.4, -0.2) is 6.61 Å². The van der Waals surface area contributed by atoms with Gasteiger partial charge in [0.05, 0.1) is 6.61 Å². The fourth-order valence-electron chi connectivity index (χ4n) is 2.04. The largest absolute Gasteiger partial charge is 0.494 e. The second kappa shape index (κ2) is 7.34. The lowest BCUT2D eigenvalue weighted by molar-refractivity contribution is 0.340. The van der Waals surface area contributed by atoms with Crippen molar-refractivity contribution in [1.29, 1.82) is 0 Å². The maximum atomic E-state index is 5.45. The molecule has 0 N–H and O–H groups in total. The summed E-state index contributed by atoms with van der Waals surface area (Å²) in [4.78, 5) is 0.417. The summed E-state index contributed by atoms with van der Waals surface area (Å²) in [6.45, 7) is 2.72. The highest BCUT2D eigenvalue weighted by Crippen LogP contribution is 2.27. The zero-order valence-electron chi connectivity index (χ0n) is 11.2. The summed E-state index contributed by atoms with van der Waals surface area (Å²) in [6, 6.07) is 18.9. The number of aryl methyl sites for hydroxylation is 1. The van der Waals surface area contributed by atoms with Crippen molar-refractivity contribution < 1.29 is 4.74 Å². The number of alkyl halides is 1. The summed E-state index contributed by atoms with van der Waals surface area (Å²) in [6.07, 6.45) is 2.16. The molecule has 1 unspecified atom stereocenters. The molecule has 2 aromatic rings. The standard InChI is InChI=1S/C17H19BrO/c1-2-19-16-11-8-14(9-12-16)10-13-17(18)15-6-4-3-5-7-15/h3-9,11-12,17H,2,10,13H2,1H3. The van der Waals surface area contributed by atoms with Gasteiger partial charge in [0, 0.05) is 4.83 Å². The van der Waals surface area contributed by atoms with Gasteiger partial charge in [-0.05, 0) is 43.0 Å². The molecule has 0 spiro atoms. The Bertz CT molecular complexity index is 478. The first-order valence-electron chi connectivity index (χ1n) is 6.70. The summed E-state index contributed by atoms with van der Waals surface area (Å²) >= 11 is 3.76. The van der Waals surface area contributed by atoms with Crippen LogP contribution in [-0.2, 0) is 6.42 Å². The molecule has 0 aliphatic carbocycles. The van der Waals surface area contributed by atoms with E-state index in [1.807, 2.05) is 19.1 Å². The summed E-state index contributed by atoms with van der Waals surface area (Å²) in [5, 5.41) is 0. The Kier molecular flexibility index (Phi) is 5.46. The Morgan fingerprint density at radius 2 is 1.68 bits per heavy atom. The van der Waals surface area contributed by atoms with Crippen LogP contribution in [0.25, 0.3) is 0 Å². The van der Waals surface area contributed by atoms with E-state index in [1.54, 1.807) is 0 Å². The van der Waals surface area contributed by atoms with Crippen molar-refractivity contribution in [2.45, 2.75) is 24.6 Å². The van der Waals surface area contributed by atoms with Crippen molar-refractivity contribution in [2.24, 2.45) is 0 Å². The molecule has 2 rings (SSSR count). The Morgan fingerprint density at radius 1 is 1.00 bits per heavy atom. The zero-order valence-corrected chi connectivity index (χ0v) is 12.8. The van der Waals surface area contributed by atoms with Crippen molar-refractivity contribution >= 4 is 15.9 Å². The van der Waals surface area contributed by atoms with E-state index in [1.165, 1.54) is 11.1 Å². The molecule has 0 heterocycles. The van der Waals surface area contributed by atoms with Crippen molar-refractivity contribution in [3.05, 3.63) is 65.7 Å². The maximum absolute atomic E-state index is 5.45. The third-order valence-electron chi connectivity index (χ3n) is 3.08. The van der Waals surface area contributed by atoms with Gasteiger partial charge < -0.3 is 4.74 Å². The Balaban J connectivity index is 1.88. The number of hydrogen-bond donors (Lipinski definition) is 0. The van der Waals surface area contributed by atoms with E-state index in [0.717, 1.165) is 25.2 Å². The average molecular weight is 319 g/mol. The third-order valence-corrected chi connectivity index (χ3v) is 4.07. The highest BCUT2D eigenvalue weighted by Gasteiger charge is 2.06. The van der Waals surface area contributed by atoms with Gasteiger partial charge in [0.15, 0.2) is 0 Å². The molecule has 0 saturated carbocycles. The quantitative estimate of drug-likeness (QED) is 0.669. The van der Waals surface area contributed by atoms with Gasteiger partial charge in [0.25, 0.3) is 0 Å². The second-order valence-electron chi connectivity index (χ2n) is 4.49. The van der Waals surface area contributed by atoms with Crippen LogP contribution in [0, 0.1) is 0 Å². The molecule has 2 aromatic carbocycles. The smallest absolute Gasteiger partial charge is 0.119 e. The van der Waals surface area contributed by atoms with Gasteiger partial charge in [0.2, 0.25) is 0 Å². The van der Waals surface area contributed by atoms with Gasteiger partial charge >= 0.3 is 0 Å². The van der Waals surface area contributed by atoms with Gasteiger partial charge in [0.1, 0.15) is 5.75 Å². The molecular formula is C17H19BrO. The summed E-state index contributed by atoms with van der Waals surface area (Å²) in [5.41, 5.74) is 2.69. The fourth-order valence-corrected chi connectivity index (χ4v) is 2.58. The zero-order chi connectivity index (χ0) is 13.5. The summed E-state index contributed by atoms with van der Waals surface area (Å²) in [5.74, 6) is 0.949. The minimum Gasteiger partial charge on any atom is -0.494 e. The molecule has 1 nitrogen and oxygen atoms in total. The van der Waals surface area contributed by atoms with E-state index in [4.69, 9.17) is 4.74 Å². The Morgan fingerprint density at radius 3 is 2.32 bits per heavy atom. The molecule has 2 heteroatoms. The number of ether oxygens (including phenoxy) is 1. The van der Waals surface area contributed by atoms with E-state index >= 15 is 0 Å². The first kappa shape index (κ1) is 14.1. The predicted molar refractivity (Wildman–Crippen MR) is 84.0 cm³/mol. The highest BCUT2D eigenvalue weighted by atomic mass is 79.9. The van der Waals surface area contributed by atoms with Crippen molar-refractivity contribution in [3.8, 4) is 5.75 Å². The average Bonchev–Trinajstić information content (AvgIpc) is 2.47. The summed E-state index contributed by atoms with van der Waals surface area (Å²) < 4.78 is 5.45. The molecule has 19 heavy (non-hydrogen) atoms. The summed E-state index contributed by atoms with van der Waals surface area (Å²) in [7, 11) is 0. The lowest BCUT2D eigenvalue weighted by Crippen LogP contribution is -1.94. The number of hydrogen-bond acceptors (Lipinski definition) is 1. The molecule has 0 saturated heterocycles. The van der Waals surface area contributed by atoms with Crippen molar-refractivity contribution in [2.75, 3.05) is 6.61 Å². The fraction of sp³-hybridized carbons (Fsp3) is 0.294. The molecule has 0 amide bonds. The predicted octanol–water partition coefficient (Wildman–Crippen LogP) is 5.15. The van der Waals surface area contributed by atoms with Crippen LogP contribution in [0.4, 0.5) is 0 Å². The van der Waals surface area contributed by atoms with E-state index in [0.29, 0.717) is 4.83 Å². The van der Waals surface area contributed by atoms with Crippen LogP contribution >= 0.6 is 15.9 Å². The van der Waals surface area contributed by atoms with Crippen LogP contribution in [0.3, 0.4) is 0 Å². The number of halogens is 1. The lowest BCUT2D eigenvalue weighted by atomic mass is 10.0. The van der Waals surface area contributed by atoms with E-state index < -0.39 is 0 Å². The third kappa shape index (κ3) is 4.39. The Hall–Kier alpha value is -1.28. The van der Waals surface area contributed by atoms with Crippen LogP contribution in [0.15, 0.2) is 54.6 Å². The SMILES string of the molecule is CCOc1ccc(CCC(Br)c2ccccc2)cc1. The molecule has 0 aliphatic rings. The van der Waals surface area contributed by atoms with Gasteiger partial charge in [-0.1, -0.05) is 58.4 Å². The van der Waals surface area contributed by atoms with Gasteiger partial charge in [-0.25, -0.2) is 0 Å². The lowest BCUT2D eigenvalue weighted by Gasteiger charge is -2.10. The monoisotopic (exact) mass is 318 g/mol.